The number of nitrogens with zero attached hydrogens (tertiary/aromatic N) is 1. The van der Waals surface area contributed by atoms with Gasteiger partial charge in [0.1, 0.15) is 0 Å². The fraction of sp³-hybridized carbons (Fsp3) is 0.765. The summed E-state index contributed by atoms with van der Waals surface area (Å²) in [5.74, 6) is 0.560. The van der Waals surface area contributed by atoms with Gasteiger partial charge >= 0.3 is 0 Å². The van der Waals surface area contributed by atoms with Crippen LogP contribution < -0.4 is 0 Å². The van der Waals surface area contributed by atoms with Crippen molar-refractivity contribution in [2.75, 3.05) is 26.3 Å². The van der Waals surface area contributed by atoms with Crippen molar-refractivity contribution < 1.29 is 9.47 Å². The van der Waals surface area contributed by atoms with Crippen LogP contribution in [0, 0.1) is 5.92 Å². The van der Waals surface area contributed by atoms with E-state index in [9.17, 15) is 0 Å². The number of thiophene rings is 1. The predicted octanol–water partition coefficient (Wildman–Crippen LogP) is 3.54. The van der Waals surface area contributed by atoms with Crippen LogP contribution in [0.2, 0.25) is 0 Å². The molecule has 3 rings (SSSR count). The van der Waals surface area contributed by atoms with Crippen LogP contribution in [0.3, 0.4) is 0 Å². The summed E-state index contributed by atoms with van der Waals surface area (Å²) in [6.45, 7) is 9.13. The normalized spacial score (nSPS) is 30.5. The minimum absolute atomic E-state index is 0.0448. The van der Waals surface area contributed by atoms with Crippen LogP contribution in [-0.2, 0) is 16.0 Å². The van der Waals surface area contributed by atoms with Gasteiger partial charge in [0.2, 0.25) is 0 Å². The Bertz CT molecular complexity index is 434. The quantitative estimate of drug-likeness (QED) is 0.830. The number of ether oxygens (including phenoxy) is 2. The number of hydrogen-bond donors (Lipinski definition) is 0. The van der Waals surface area contributed by atoms with Gasteiger partial charge in [-0.25, -0.2) is 0 Å². The molecule has 0 bridgehead atoms. The molecule has 0 amide bonds. The molecule has 1 aliphatic heterocycles. The molecular weight excluding hydrogens is 282 g/mol. The molecule has 1 saturated carbocycles. The summed E-state index contributed by atoms with van der Waals surface area (Å²) in [7, 11) is 0. The van der Waals surface area contributed by atoms with Crippen molar-refractivity contribution in [2.24, 2.45) is 5.92 Å². The van der Waals surface area contributed by atoms with Crippen LogP contribution in [0.5, 0.6) is 0 Å². The van der Waals surface area contributed by atoms with Crippen LogP contribution in [0.1, 0.15) is 38.7 Å². The van der Waals surface area contributed by atoms with Gasteiger partial charge in [-0.2, -0.15) is 11.3 Å². The highest BCUT2D eigenvalue weighted by Gasteiger charge is 2.46. The standard InChI is InChI=1S/C17H27NO2S/c1-14(2)19-11-16-4-3-6-17(16)13-18(7-8-20-17)10-15-5-9-21-12-15/h5,9,12,14,16H,3-4,6-8,10-11,13H2,1-2H3/t16-,17+/m1/s1. The van der Waals surface area contributed by atoms with Crippen LogP contribution in [0.25, 0.3) is 0 Å². The van der Waals surface area contributed by atoms with E-state index < -0.39 is 0 Å². The molecule has 1 saturated heterocycles. The van der Waals surface area contributed by atoms with Crippen molar-refractivity contribution in [3.63, 3.8) is 0 Å². The molecule has 0 radical (unpaired) electrons. The maximum absolute atomic E-state index is 6.30. The highest BCUT2D eigenvalue weighted by Crippen LogP contribution is 2.41. The first kappa shape index (κ1) is 15.5. The van der Waals surface area contributed by atoms with E-state index in [4.69, 9.17) is 9.47 Å². The average molecular weight is 309 g/mol. The van der Waals surface area contributed by atoms with Crippen LogP contribution in [0.15, 0.2) is 16.8 Å². The van der Waals surface area contributed by atoms with Crippen molar-refractivity contribution in [3.05, 3.63) is 22.4 Å². The molecule has 4 heteroatoms. The molecule has 1 spiro atoms. The summed E-state index contributed by atoms with van der Waals surface area (Å²) in [6, 6.07) is 2.24. The molecule has 3 nitrogen and oxygen atoms in total. The third kappa shape index (κ3) is 3.67. The zero-order valence-corrected chi connectivity index (χ0v) is 14.0. The molecule has 2 heterocycles. The average Bonchev–Trinajstić information content (AvgIpc) is 3.07. The third-order valence-electron chi connectivity index (χ3n) is 4.80. The van der Waals surface area contributed by atoms with E-state index in [1.54, 1.807) is 11.3 Å². The molecule has 21 heavy (non-hydrogen) atoms. The van der Waals surface area contributed by atoms with Crippen molar-refractivity contribution in [1.29, 1.82) is 0 Å². The van der Waals surface area contributed by atoms with Gasteiger partial charge < -0.3 is 9.47 Å². The SMILES string of the molecule is CC(C)OC[C@H]1CCC[C@]12CN(Cc1ccsc1)CCO2. The second kappa shape index (κ2) is 6.78. The molecule has 0 aromatic carbocycles. The van der Waals surface area contributed by atoms with E-state index in [1.807, 2.05) is 0 Å². The zero-order valence-electron chi connectivity index (χ0n) is 13.2. The van der Waals surface area contributed by atoms with Gasteiger partial charge in [0.15, 0.2) is 0 Å². The molecule has 2 atom stereocenters. The first-order valence-corrected chi connectivity index (χ1v) is 9.11. The summed E-state index contributed by atoms with van der Waals surface area (Å²) in [5.41, 5.74) is 1.48. The largest absolute Gasteiger partial charge is 0.378 e. The Kier molecular flexibility index (Phi) is 4.99. The molecule has 0 unspecified atom stereocenters. The Balaban J connectivity index is 1.62. The second-order valence-electron chi connectivity index (χ2n) is 6.73. The van der Waals surface area contributed by atoms with Gasteiger partial charge in [-0.3, -0.25) is 4.90 Å². The number of rotatable bonds is 5. The molecule has 2 fully saturated rings. The Morgan fingerprint density at radius 2 is 2.43 bits per heavy atom. The lowest BCUT2D eigenvalue weighted by atomic mass is 9.89. The van der Waals surface area contributed by atoms with Gasteiger partial charge in [0.25, 0.3) is 0 Å². The van der Waals surface area contributed by atoms with Gasteiger partial charge in [0.05, 0.1) is 24.9 Å². The van der Waals surface area contributed by atoms with Crippen LogP contribution in [-0.4, -0.2) is 42.9 Å². The topological polar surface area (TPSA) is 21.7 Å². The second-order valence-corrected chi connectivity index (χ2v) is 7.51. The molecule has 1 aromatic rings. The molecular formula is C17H27NO2S. The summed E-state index contributed by atoms with van der Waals surface area (Å²) in [4.78, 5) is 2.57. The van der Waals surface area contributed by atoms with Gasteiger partial charge in [-0.1, -0.05) is 6.42 Å². The van der Waals surface area contributed by atoms with Gasteiger partial charge in [-0.15, -0.1) is 0 Å². The van der Waals surface area contributed by atoms with Gasteiger partial charge in [-0.05, 0) is 49.1 Å². The highest BCUT2D eigenvalue weighted by molar-refractivity contribution is 7.07. The van der Waals surface area contributed by atoms with Gasteiger partial charge in [0, 0.05) is 25.6 Å². The Morgan fingerprint density at radius 1 is 1.52 bits per heavy atom. The van der Waals surface area contributed by atoms with Crippen LogP contribution in [0.4, 0.5) is 0 Å². The zero-order chi connectivity index (χ0) is 14.7. The summed E-state index contributed by atoms with van der Waals surface area (Å²) >= 11 is 1.79. The number of hydrogen-bond acceptors (Lipinski definition) is 4. The molecule has 0 N–H and O–H groups in total. The van der Waals surface area contributed by atoms with Crippen LogP contribution >= 0.6 is 11.3 Å². The minimum atomic E-state index is 0.0448. The maximum atomic E-state index is 6.30. The van der Waals surface area contributed by atoms with Crippen molar-refractivity contribution >= 4 is 11.3 Å². The fourth-order valence-corrected chi connectivity index (χ4v) is 4.37. The summed E-state index contributed by atoms with van der Waals surface area (Å²) < 4.78 is 12.2. The molecule has 118 valence electrons. The Labute approximate surface area is 132 Å². The first-order chi connectivity index (χ1) is 10.2. The Hall–Kier alpha value is -0.420. The number of morpholine rings is 1. The summed E-state index contributed by atoms with van der Waals surface area (Å²) in [5, 5.41) is 4.43. The molecule has 1 aliphatic carbocycles. The predicted molar refractivity (Wildman–Crippen MR) is 86.7 cm³/mol. The smallest absolute Gasteiger partial charge is 0.0859 e. The Morgan fingerprint density at radius 3 is 3.19 bits per heavy atom. The van der Waals surface area contributed by atoms with E-state index in [1.165, 1.54) is 24.8 Å². The van der Waals surface area contributed by atoms with E-state index in [-0.39, 0.29) is 5.60 Å². The van der Waals surface area contributed by atoms with E-state index in [0.29, 0.717) is 12.0 Å². The van der Waals surface area contributed by atoms with E-state index in [2.05, 4.69) is 35.6 Å². The third-order valence-corrected chi connectivity index (χ3v) is 5.53. The monoisotopic (exact) mass is 309 g/mol. The lowest BCUT2D eigenvalue weighted by Crippen LogP contribution is -2.54. The van der Waals surface area contributed by atoms with Crippen molar-refractivity contribution in [3.8, 4) is 0 Å². The lowest BCUT2D eigenvalue weighted by Gasteiger charge is -2.44. The first-order valence-electron chi connectivity index (χ1n) is 8.17. The fourth-order valence-electron chi connectivity index (χ4n) is 3.71. The molecule has 1 aromatic heterocycles. The highest BCUT2D eigenvalue weighted by atomic mass is 32.1. The summed E-state index contributed by atoms with van der Waals surface area (Å²) in [6.07, 6.45) is 4.03. The van der Waals surface area contributed by atoms with E-state index >= 15 is 0 Å². The van der Waals surface area contributed by atoms with Crippen molar-refractivity contribution in [1.82, 2.24) is 4.90 Å². The molecule has 2 aliphatic rings. The maximum Gasteiger partial charge on any atom is 0.0859 e. The van der Waals surface area contributed by atoms with E-state index in [0.717, 1.165) is 32.8 Å². The van der Waals surface area contributed by atoms with Crippen molar-refractivity contribution in [2.45, 2.75) is 51.4 Å². The minimum Gasteiger partial charge on any atom is -0.378 e. The lowest BCUT2D eigenvalue weighted by molar-refractivity contribution is -0.146.